The van der Waals surface area contributed by atoms with Crippen LogP contribution in [0.3, 0.4) is 0 Å². The highest BCUT2D eigenvalue weighted by Gasteiger charge is 2.27. The molecule has 0 atom stereocenters. The third kappa shape index (κ3) is 39.6. The van der Waals surface area contributed by atoms with Crippen LogP contribution in [0.1, 0.15) is 246 Å². The molecule has 3 aromatic heterocycles. The molecule has 712 valence electrons. The lowest BCUT2D eigenvalue weighted by Crippen LogP contribution is -2.27. The molecule has 0 amide bonds. The van der Waals surface area contributed by atoms with Gasteiger partial charge in [-0.2, -0.15) is 11.3 Å². The summed E-state index contributed by atoms with van der Waals surface area (Å²) in [7, 11) is 0. The molecule has 3 heterocycles. The van der Waals surface area contributed by atoms with Crippen LogP contribution in [0.15, 0.2) is 252 Å². The predicted molar refractivity (Wildman–Crippen MR) is 548 cm³/mol. The van der Waals surface area contributed by atoms with Gasteiger partial charge in [-0.25, -0.2) is 19.2 Å². The number of carboxylic acid groups (broad SMARTS) is 4. The Bertz CT molecular complexity index is 4470. The van der Waals surface area contributed by atoms with Crippen LogP contribution in [0, 0.1) is 5.92 Å². The molecule has 22 nitrogen and oxygen atoms in total. The highest BCUT2D eigenvalue weighted by atomic mass is 32.1. The summed E-state index contributed by atoms with van der Waals surface area (Å²) < 4.78 is 29.8. The number of unbranched alkanes of at least 4 members (excludes halogenated alkanes) is 8. The number of anilines is 8. The predicted octanol–water partition coefficient (Wildman–Crippen LogP) is 29.3. The molecule has 1 aliphatic carbocycles. The first-order chi connectivity index (χ1) is 64.4. The number of aromatic carboxylic acids is 4. The Morgan fingerprint density at radius 1 is 0.333 bits per heavy atom. The van der Waals surface area contributed by atoms with Gasteiger partial charge in [0.05, 0.1) is 80.3 Å². The SMILES string of the molecule is CCCCN(CCCC)c1cc(C(=O)O)cc(NCC)c1Oc1ccccc1.CCCCN(CCCC)c1cc(C(=O)O)cc(NCC)c1Oc1ccccc1.CCCCN(CCCC)c1cc(C(=O)O)cc(NCC)c1Oc1ccccc1.CCCCN(CCCC)c1cc(C(=O)O)cc(NCC2CCCC2)c1Oc1ccccc1.c1ccncc1.c1ccoc1.c1ccsc1. The van der Waals surface area contributed by atoms with E-state index in [2.05, 4.69) is 106 Å². The maximum absolute atomic E-state index is 12.0. The molecule has 0 spiro atoms. The second kappa shape index (κ2) is 65.0. The minimum absolute atomic E-state index is 0.268. The second-order valence-corrected chi connectivity index (χ2v) is 32.7. The molecule has 23 heteroatoms. The molecule has 132 heavy (non-hydrogen) atoms. The van der Waals surface area contributed by atoms with E-state index in [0.717, 1.165) is 219 Å². The lowest BCUT2D eigenvalue weighted by Gasteiger charge is -2.29. The van der Waals surface area contributed by atoms with Crippen LogP contribution in [0.5, 0.6) is 46.0 Å². The number of ether oxygens (including phenoxy) is 4. The number of furan rings is 1. The molecule has 1 saturated carbocycles. The number of carbonyl (C=O) groups is 4. The Balaban J connectivity index is 0.000000255. The number of hydrogen-bond donors (Lipinski definition) is 8. The summed E-state index contributed by atoms with van der Waals surface area (Å²) >= 11 is 1.71. The molecule has 0 radical (unpaired) electrons. The van der Waals surface area contributed by atoms with E-state index in [1.165, 1.54) is 25.7 Å². The van der Waals surface area contributed by atoms with E-state index >= 15 is 0 Å². The van der Waals surface area contributed by atoms with E-state index in [1.807, 2.05) is 195 Å². The first kappa shape index (κ1) is 108. The number of rotatable bonds is 49. The first-order valence-corrected chi connectivity index (χ1v) is 48.7. The van der Waals surface area contributed by atoms with Gasteiger partial charge in [-0.1, -0.05) is 211 Å². The van der Waals surface area contributed by atoms with Crippen molar-refractivity contribution in [1.82, 2.24) is 4.98 Å². The van der Waals surface area contributed by atoms with E-state index < -0.39 is 23.9 Å². The summed E-state index contributed by atoms with van der Waals surface area (Å²) in [5, 5.41) is 56.2. The average molecular weight is 1820 g/mol. The van der Waals surface area contributed by atoms with Gasteiger partial charge in [0.25, 0.3) is 0 Å². The summed E-state index contributed by atoms with van der Waals surface area (Å²) in [5.41, 5.74) is 7.37. The molecule has 0 aliphatic heterocycles. The average Bonchev–Trinajstić information content (AvgIpc) is 1.10. The molecule has 11 aromatic rings. The van der Waals surface area contributed by atoms with E-state index in [1.54, 1.807) is 84.8 Å². The lowest BCUT2D eigenvalue weighted by atomic mass is 10.1. The lowest BCUT2D eigenvalue weighted by molar-refractivity contribution is 0.0686. The summed E-state index contributed by atoms with van der Waals surface area (Å²) in [5.74, 6) is 2.66. The van der Waals surface area contributed by atoms with E-state index in [-0.39, 0.29) is 16.7 Å². The van der Waals surface area contributed by atoms with Crippen LogP contribution >= 0.6 is 11.3 Å². The number of nitrogens with one attached hydrogen (secondary N) is 4. The number of carboxylic acids is 4. The van der Waals surface area contributed by atoms with Crippen molar-refractivity contribution in [1.29, 1.82) is 0 Å². The molecule has 8 aromatic carbocycles. The highest BCUT2D eigenvalue weighted by molar-refractivity contribution is 7.07. The van der Waals surface area contributed by atoms with Crippen LogP contribution in [0.2, 0.25) is 0 Å². The molecule has 0 unspecified atom stereocenters. The summed E-state index contributed by atoms with van der Waals surface area (Å²) in [4.78, 5) is 60.1. The third-order valence-electron chi connectivity index (χ3n) is 21.3. The van der Waals surface area contributed by atoms with Gasteiger partial charge in [0.2, 0.25) is 0 Å². The van der Waals surface area contributed by atoms with Crippen LogP contribution in [-0.4, -0.2) is 128 Å². The van der Waals surface area contributed by atoms with Gasteiger partial charge in [-0.15, -0.1) is 0 Å². The van der Waals surface area contributed by atoms with Crippen molar-refractivity contribution in [2.45, 2.75) is 205 Å². The Morgan fingerprint density at radius 2 is 0.576 bits per heavy atom. The third-order valence-corrected chi connectivity index (χ3v) is 21.9. The quantitative estimate of drug-likeness (QED) is 0.0176. The second-order valence-electron chi connectivity index (χ2n) is 31.9. The molecule has 8 N–H and O–H groups in total. The molecule has 0 saturated heterocycles. The number of pyridine rings is 1. The topological polar surface area (TPSA) is 273 Å². The zero-order valence-corrected chi connectivity index (χ0v) is 80.8. The van der Waals surface area contributed by atoms with Crippen molar-refractivity contribution < 1.29 is 63.0 Å². The number of thiophene rings is 1. The number of nitrogens with zero attached hydrogens (tertiary/aromatic N) is 5. The minimum atomic E-state index is -0.933. The first-order valence-electron chi connectivity index (χ1n) is 47.7. The standard InChI is InChI=1S/C27H38N2O3.3C23H32N2O3.C5H5N.C4H4O.C4H4S/c1-3-5-16-29(17-6-4-2)25-19-22(27(30)31)18-24(28-20-21-12-10-11-13-21)26(25)32-23-14-8-7-9-15-23;3*1-4-7-14-25(15-8-5-2)21-17-18(23(26)27)16-20(24-6-3)22(21)28-19-12-10-9-11-13-19;1-2-4-6-5-3-1;2*1-2-4-5-3-1/h7-9,14-15,18-19,21,28H,3-6,10-13,16-17,20H2,1-2H3,(H,30,31);3*9-13,16-17,24H,4-8,14-15H2,1-3H3,(H,26,27);1-5H;2*1-4H. The Morgan fingerprint density at radius 3 is 0.758 bits per heavy atom. The molecule has 12 rings (SSSR count). The van der Waals surface area contributed by atoms with Crippen molar-refractivity contribution in [2.24, 2.45) is 5.92 Å². The van der Waals surface area contributed by atoms with Crippen molar-refractivity contribution in [3.8, 4) is 46.0 Å². The van der Waals surface area contributed by atoms with Crippen LogP contribution < -0.4 is 59.8 Å². The monoisotopic (exact) mass is 1820 g/mol. The van der Waals surface area contributed by atoms with E-state index in [4.69, 9.17) is 18.9 Å². The van der Waals surface area contributed by atoms with Gasteiger partial charge >= 0.3 is 23.9 Å². The van der Waals surface area contributed by atoms with Crippen molar-refractivity contribution in [2.75, 3.05) is 119 Å². The Hall–Kier alpha value is -12.6. The number of benzene rings is 8. The maximum Gasteiger partial charge on any atom is 0.335 e. The van der Waals surface area contributed by atoms with Crippen molar-refractivity contribution in [3.63, 3.8) is 0 Å². The van der Waals surface area contributed by atoms with Gasteiger partial charge in [0.15, 0.2) is 23.0 Å². The Labute approximate surface area is 790 Å². The molecule has 1 aliphatic rings. The van der Waals surface area contributed by atoms with Crippen molar-refractivity contribution >= 4 is 80.7 Å². The van der Waals surface area contributed by atoms with Crippen LogP contribution in [0.4, 0.5) is 45.5 Å². The zero-order chi connectivity index (χ0) is 95.1. The Kier molecular flexibility index (Phi) is 53.3. The molecule has 0 bridgehead atoms. The van der Waals surface area contributed by atoms with Gasteiger partial charge in [0.1, 0.15) is 23.0 Å². The maximum atomic E-state index is 12.0. The fourth-order valence-corrected chi connectivity index (χ4v) is 14.7. The fraction of sp³-hybridized carbons (Fsp3) is 0.404. The minimum Gasteiger partial charge on any atom is -0.478 e. The normalized spacial score (nSPS) is 11.0. The number of hydrogen-bond acceptors (Lipinski definition) is 19. The molecular formula is C109H147N9O13S. The van der Waals surface area contributed by atoms with E-state index in [9.17, 15) is 39.6 Å². The van der Waals surface area contributed by atoms with Gasteiger partial charge in [-0.3, -0.25) is 4.98 Å². The summed E-state index contributed by atoms with van der Waals surface area (Å²) in [6, 6.07) is 65.8. The van der Waals surface area contributed by atoms with Gasteiger partial charge in [0, 0.05) is 90.9 Å². The number of aromatic nitrogens is 1. The van der Waals surface area contributed by atoms with Gasteiger partial charge in [-0.05, 0) is 223 Å². The largest absolute Gasteiger partial charge is 0.478 e. The smallest absolute Gasteiger partial charge is 0.335 e. The zero-order valence-electron chi connectivity index (χ0n) is 80.0. The number of para-hydroxylation sites is 4. The summed E-state index contributed by atoms with van der Waals surface area (Å²) in [6.45, 7) is 33.2. The van der Waals surface area contributed by atoms with Crippen LogP contribution in [-0.2, 0) is 0 Å². The molecule has 1 fully saturated rings. The van der Waals surface area contributed by atoms with Gasteiger partial charge < -0.3 is 84.7 Å². The molecular weight excluding hydrogens is 1680 g/mol. The van der Waals surface area contributed by atoms with Crippen molar-refractivity contribution in [3.05, 3.63) is 270 Å². The van der Waals surface area contributed by atoms with E-state index in [0.29, 0.717) is 65.4 Å². The van der Waals surface area contributed by atoms with Crippen LogP contribution in [0.25, 0.3) is 0 Å². The fourth-order valence-electron chi connectivity index (χ4n) is 14.3. The summed E-state index contributed by atoms with van der Waals surface area (Å²) in [6.07, 6.45) is 28.8. The highest BCUT2D eigenvalue weighted by Crippen LogP contribution is 2.46.